The Kier molecular flexibility index (Phi) is 3.57. The van der Waals surface area contributed by atoms with Gasteiger partial charge in [-0.3, -0.25) is 4.79 Å². The van der Waals surface area contributed by atoms with Gasteiger partial charge in [0.05, 0.1) is 0 Å². The molecule has 1 N–H and O–H groups in total. The predicted molar refractivity (Wildman–Crippen MR) is 51.8 cm³/mol. The van der Waals surface area contributed by atoms with Crippen LogP contribution in [0.15, 0.2) is 36.9 Å². The Labute approximate surface area is 77.0 Å². The van der Waals surface area contributed by atoms with Crippen LogP contribution in [0.5, 0.6) is 5.75 Å². The minimum absolute atomic E-state index is 0.463. The molecule has 1 rings (SSSR count). The zero-order valence-electron chi connectivity index (χ0n) is 7.19. The molecule has 0 heterocycles. The Balaban J connectivity index is 2.66. The second kappa shape index (κ2) is 4.98. The van der Waals surface area contributed by atoms with E-state index in [0.717, 1.165) is 5.69 Å². The smallest absolute Gasteiger partial charge is 0.211 e. The van der Waals surface area contributed by atoms with E-state index in [9.17, 15) is 4.79 Å². The average Bonchev–Trinajstić information content (AvgIpc) is 2.16. The van der Waals surface area contributed by atoms with Crippen molar-refractivity contribution in [2.24, 2.45) is 0 Å². The van der Waals surface area contributed by atoms with E-state index in [1.165, 1.54) is 0 Å². The summed E-state index contributed by atoms with van der Waals surface area (Å²) in [4.78, 5) is 10.1. The van der Waals surface area contributed by atoms with Crippen LogP contribution in [0.2, 0.25) is 0 Å². The maximum absolute atomic E-state index is 10.1. The largest absolute Gasteiger partial charge is 0.489 e. The van der Waals surface area contributed by atoms with Crippen molar-refractivity contribution >= 4 is 12.1 Å². The molecule has 1 aromatic rings. The van der Waals surface area contributed by atoms with Gasteiger partial charge >= 0.3 is 0 Å². The molecule has 1 amide bonds. The fourth-order valence-electron chi connectivity index (χ4n) is 0.899. The highest BCUT2D eigenvalue weighted by molar-refractivity contribution is 5.71. The van der Waals surface area contributed by atoms with Crippen molar-refractivity contribution in [3.8, 4) is 5.75 Å². The van der Waals surface area contributed by atoms with Gasteiger partial charge in [0.2, 0.25) is 6.41 Å². The van der Waals surface area contributed by atoms with Crippen LogP contribution in [0, 0.1) is 0 Å². The standard InChI is InChI=1S/C10H11NO2/c1-2-6-13-10-5-3-4-9(7-10)11-8-12/h2-5,7-8H,1,6H2,(H,11,12). The lowest BCUT2D eigenvalue weighted by Crippen LogP contribution is -1.96. The van der Waals surface area contributed by atoms with Crippen molar-refractivity contribution < 1.29 is 9.53 Å². The van der Waals surface area contributed by atoms with Gasteiger partial charge in [-0.05, 0) is 12.1 Å². The van der Waals surface area contributed by atoms with Crippen molar-refractivity contribution in [2.75, 3.05) is 11.9 Å². The third-order valence-corrected chi connectivity index (χ3v) is 1.43. The molecule has 0 aliphatic rings. The predicted octanol–water partition coefficient (Wildman–Crippen LogP) is 1.82. The molecule has 13 heavy (non-hydrogen) atoms. The molecule has 0 saturated heterocycles. The second-order valence-electron chi connectivity index (χ2n) is 2.39. The van der Waals surface area contributed by atoms with Crippen LogP contribution in [0.25, 0.3) is 0 Å². The number of nitrogens with one attached hydrogen (secondary N) is 1. The molecule has 3 nitrogen and oxygen atoms in total. The van der Waals surface area contributed by atoms with Crippen molar-refractivity contribution in [1.29, 1.82) is 0 Å². The van der Waals surface area contributed by atoms with Crippen LogP contribution in [0.4, 0.5) is 5.69 Å². The van der Waals surface area contributed by atoms with E-state index in [0.29, 0.717) is 18.8 Å². The third-order valence-electron chi connectivity index (χ3n) is 1.43. The van der Waals surface area contributed by atoms with Gasteiger partial charge in [-0.15, -0.1) is 0 Å². The molecule has 0 spiro atoms. The Morgan fingerprint density at radius 1 is 1.54 bits per heavy atom. The Bertz CT molecular complexity index is 297. The average molecular weight is 177 g/mol. The summed E-state index contributed by atoms with van der Waals surface area (Å²) in [5.74, 6) is 0.715. The Hall–Kier alpha value is -1.77. The molecular weight excluding hydrogens is 166 g/mol. The van der Waals surface area contributed by atoms with E-state index >= 15 is 0 Å². The highest BCUT2D eigenvalue weighted by atomic mass is 16.5. The normalized spacial score (nSPS) is 8.92. The zero-order chi connectivity index (χ0) is 9.52. The maximum atomic E-state index is 10.1. The number of carbonyl (C=O) groups excluding carboxylic acids is 1. The maximum Gasteiger partial charge on any atom is 0.211 e. The number of rotatable bonds is 5. The number of benzene rings is 1. The lowest BCUT2D eigenvalue weighted by atomic mass is 10.3. The van der Waals surface area contributed by atoms with Gasteiger partial charge in [-0.25, -0.2) is 0 Å². The second-order valence-corrected chi connectivity index (χ2v) is 2.39. The van der Waals surface area contributed by atoms with Crippen LogP contribution in [-0.4, -0.2) is 13.0 Å². The number of hydrogen-bond acceptors (Lipinski definition) is 2. The summed E-state index contributed by atoms with van der Waals surface area (Å²) in [6.45, 7) is 4.00. The van der Waals surface area contributed by atoms with Gasteiger partial charge in [0, 0.05) is 11.8 Å². The Morgan fingerprint density at radius 3 is 3.08 bits per heavy atom. The van der Waals surface area contributed by atoms with Crippen LogP contribution in [-0.2, 0) is 4.79 Å². The topological polar surface area (TPSA) is 38.3 Å². The van der Waals surface area contributed by atoms with Crippen molar-refractivity contribution in [2.45, 2.75) is 0 Å². The molecule has 0 aliphatic heterocycles. The minimum atomic E-state index is 0.463. The van der Waals surface area contributed by atoms with Gasteiger partial charge in [0.25, 0.3) is 0 Å². The van der Waals surface area contributed by atoms with Crippen LogP contribution in [0.3, 0.4) is 0 Å². The first kappa shape index (κ1) is 9.32. The third kappa shape index (κ3) is 2.99. The van der Waals surface area contributed by atoms with Crippen molar-refractivity contribution in [3.63, 3.8) is 0 Å². The molecular formula is C10H11NO2. The van der Waals surface area contributed by atoms with Gasteiger partial charge in [0.15, 0.2) is 0 Å². The summed E-state index contributed by atoms with van der Waals surface area (Å²) in [5.41, 5.74) is 0.719. The number of ether oxygens (including phenoxy) is 1. The van der Waals surface area contributed by atoms with Crippen LogP contribution >= 0.6 is 0 Å². The molecule has 0 unspecified atom stereocenters. The molecule has 0 fully saturated rings. The van der Waals surface area contributed by atoms with E-state index in [1.54, 1.807) is 18.2 Å². The molecule has 0 saturated carbocycles. The first-order valence-corrected chi connectivity index (χ1v) is 3.91. The highest BCUT2D eigenvalue weighted by Gasteiger charge is 1.93. The molecule has 68 valence electrons. The first-order chi connectivity index (χ1) is 6.36. The van der Waals surface area contributed by atoms with Gasteiger partial charge in [-0.1, -0.05) is 18.7 Å². The van der Waals surface area contributed by atoms with Crippen molar-refractivity contribution in [3.05, 3.63) is 36.9 Å². The SMILES string of the molecule is C=CCOc1cccc(NC=O)c1. The van der Waals surface area contributed by atoms with E-state index in [-0.39, 0.29) is 0 Å². The fraction of sp³-hybridized carbons (Fsp3) is 0.100. The lowest BCUT2D eigenvalue weighted by molar-refractivity contribution is -0.105. The summed E-state index contributed by atoms with van der Waals surface area (Å²) in [5, 5.41) is 2.54. The van der Waals surface area contributed by atoms with Crippen LogP contribution in [0.1, 0.15) is 0 Å². The molecule has 0 aliphatic carbocycles. The summed E-state index contributed by atoms with van der Waals surface area (Å²) in [7, 11) is 0. The summed E-state index contributed by atoms with van der Waals surface area (Å²) in [6, 6.07) is 7.16. The molecule has 3 heteroatoms. The highest BCUT2D eigenvalue weighted by Crippen LogP contribution is 2.16. The van der Waals surface area contributed by atoms with Crippen LogP contribution < -0.4 is 10.1 Å². The zero-order valence-corrected chi connectivity index (χ0v) is 7.19. The van der Waals surface area contributed by atoms with Crippen molar-refractivity contribution in [1.82, 2.24) is 0 Å². The summed E-state index contributed by atoms with van der Waals surface area (Å²) >= 11 is 0. The molecule has 0 bridgehead atoms. The molecule has 0 atom stereocenters. The van der Waals surface area contributed by atoms with E-state index in [1.807, 2.05) is 12.1 Å². The molecule has 1 aromatic carbocycles. The van der Waals surface area contributed by atoms with E-state index < -0.39 is 0 Å². The quantitative estimate of drug-likeness (QED) is 0.550. The number of anilines is 1. The number of amides is 1. The molecule has 0 aromatic heterocycles. The number of hydrogen-bond donors (Lipinski definition) is 1. The lowest BCUT2D eigenvalue weighted by Gasteiger charge is -2.04. The first-order valence-electron chi connectivity index (χ1n) is 3.91. The summed E-state index contributed by atoms with van der Waals surface area (Å²) < 4.78 is 5.27. The van der Waals surface area contributed by atoms with E-state index in [4.69, 9.17) is 4.74 Å². The summed E-state index contributed by atoms with van der Waals surface area (Å²) in [6.07, 6.45) is 2.30. The number of carbonyl (C=O) groups is 1. The molecule has 0 radical (unpaired) electrons. The minimum Gasteiger partial charge on any atom is -0.489 e. The monoisotopic (exact) mass is 177 g/mol. The Morgan fingerprint density at radius 2 is 2.38 bits per heavy atom. The van der Waals surface area contributed by atoms with Gasteiger partial charge in [-0.2, -0.15) is 0 Å². The fourth-order valence-corrected chi connectivity index (χ4v) is 0.899. The van der Waals surface area contributed by atoms with Gasteiger partial charge in [0.1, 0.15) is 12.4 Å². The van der Waals surface area contributed by atoms with E-state index in [2.05, 4.69) is 11.9 Å². The van der Waals surface area contributed by atoms with Gasteiger partial charge < -0.3 is 10.1 Å².